The van der Waals surface area contributed by atoms with Crippen LogP contribution in [0.25, 0.3) is 0 Å². The van der Waals surface area contributed by atoms with Crippen LogP contribution in [0.3, 0.4) is 0 Å². The molecule has 0 aliphatic carbocycles. The second kappa shape index (κ2) is 7.28. The lowest BCUT2D eigenvalue weighted by atomic mass is 10.0. The molecule has 0 amide bonds. The fourth-order valence-electron chi connectivity index (χ4n) is 1.83. The van der Waals surface area contributed by atoms with E-state index in [2.05, 4.69) is 52.6 Å². The van der Waals surface area contributed by atoms with Crippen molar-refractivity contribution in [1.29, 1.82) is 0 Å². The fraction of sp³-hybridized carbons (Fsp3) is 0.556. The summed E-state index contributed by atoms with van der Waals surface area (Å²) in [4.78, 5) is 0. The van der Waals surface area contributed by atoms with E-state index in [0.29, 0.717) is 0 Å². The molecule has 0 spiro atoms. The van der Waals surface area contributed by atoms with Crippen LogP contribution in [0.2, 0.25) is 18.1 Å². The Hall–Kier alpha value is -1.06. The molecular formula is C18H30O2Si. The van der Waals surface area contributed by atoms with Gasteiger partial charge in [0.2, 0.25) is 0 Å². The molecule has 0 N–H and O–H groups in total. The van der Waals surface area contributed by atoms with Gasteiger partial charge in [0.15, 0.2) is 8.32 Å². The van der Waals surface area contributed by atoms with Crippen LogP contribution >= 0.6 is 0 Å². The zero-order valence-electron chi connectivity index (χ0n) is 14.5. The van der Waals surface area contributed by atoms with Crippen molar-refractivity contribution in [1.82, 2.24) is 0 Å². The standard InChI is InChI=1S/C18H30O2Si/c1-15(11-12-20-21(6,7)18(2,3)4)13-16-9-8-10-17(14-16)19-5/h8-10,14H,1,11-13H2,2-7H3. The predicted molar refractivity (Wildman–Crippen MR) is 93.6 cm³/mol. The molecule has 1 rings (SSSR count). The maximum atomic E-state index is 6.20. The Balaban J connectivity index is 2.44. The van der Waals surface area contributed by atoms with Crippen LogP contribution < -0.4 is 4.74 Å². The van der Waals surface area contributed by atoms with Crippen molar-refractivity contribution >= 4 is 8.32 Å². The molecule has 1 aromatic rings. The minimum absolute atomic E-state index is 0.265. The first-order chi connectivity index (χ1) is 9.65. The highest BCUT2D eigenvalue weighted by Crippen LogP contribution is 2.36. The van der Waals surface area contributed by atoms with Crippen molar-refractivity contribution in [2.45, 2.75) is 51.7 Å². The Bertz CT molecular complexity index is 472. The Kier molecular flexibility index (Phi) is 6.23. The zero-order chi connectivity index (χ0) is 16.1. The Labute approximate surface area is 131 Å². The summed E-state index contributed by atoms with van der Waals surface area (Å²) in [6, 6.07) is 8.17. The van der Waals surface area contributed by atoms with E-state index < -0.39 is 8.32 Å². The molecule has 0 atom stereocenters. The molecule has 0 bridgehead atoms. The van der Waals surface area contributed by atoms with Crippen LogP contribution in [-0.2, 0) is 10.8 Å². The molecule has 0 saturated heterocycles. The van der Waals surface area contributed by atoms with Gasteiger partial charge in [-0.25, -0.2) is 0 Å². The molecule has 0 saturated carbocycles. The number of hydrogen-bond donors (Lipinski definition) is 0. The summed E-state index contributed by atoms with van der Waals surface area (Å²) in [5.41, 5.74) is 2.45. The maximum absolute atomic E-state index is 6.20. The number of methoxy groups -OCH3 is 1. The lowest BCUT2D eigenvalue weighted by Gasteiger charge is -2.36. The van der Waals surface area contributed by atoms with Crippen molar-refractivity contribution in [2.24, 2.45) is 0 Å². The topological polar surface area (TPSA) is 18.5 Å². The highest BCUT2D eigenvalue weighted by atomic mass is 28.4. The van der Waals surface area contributed by atoms with Gasteiger partial charge in [0.1, 0.15) is 5.75 Å². The van der Waals surface area contributed by atoms with Crippen LogP contribution in [0.4, 0.5) is 0 Å². The van der Waals surface area contributed by atoms with Gasteiger partial charge in [-0.15, -0.1) is 0 Å². The highest BCUT2D eigenvalue weighted by Gasteiger charge is 2.36. The monoisotopic (exact) mass is 306 g/mol. The third kappa shape index (κ3) is 5.68. The minimum Gasteiger partial charge on any atom is -0.497 e. The first-order valence-electron chi connectivity index (χ1n) is 7.59. The van der Waals surface area contributed by atoms with Gasteiger partial charge in [0, 0.05) is 6.61 Å². The SMILES string of the molecule is C=C(CCO[Si](C)(C)C(C)(C)C)Cc1cccc(OC)c1. The fourth-order valence-corrected chi connectivity index (χ4v) is 2.87. The van der Waals surface area contributed by atoms with Gasteiger partial charge in [-0.1, -0.05) is 45.1 Å². The summed E-state index contributed by atoms with van der Waals surface area (Å²) in [7, 11) is 0.0558. The van der Waals surface area contributed by atoms with E-state index in [1.165, 1.54) is 11.1 Å². The number of ether oxygens (including phenoxy) is 1. The minimum atomic E-state index is -1.64. The third-order valence-corrected chi connectivity index (χ3v) is 8.85. The summed E-state index contributed by atoms with van der Waals surface area (Å²) in [6.07, 6.45) is 1.81. The van der Waals surface area contributed by atoms with E-state index >= 15 is 0 Å². The molecular weight excluding hydrogens is 276 g/mol. The first kappa shape index (κ1) is 18.0. The van der Waals surface area contributed by atoms with E-state index in [1.54, 1.807) is 7.11 Å². The van der Waals surface area contributed by atoms with Crippen molar-refractivity contribution in [3.05, 3.63) is 42.0 Å². The van der Waals surface area contributed by atoms with Crippen molar-refractivity contribution in [2.75, 3.05) is 13.7 Å². The van der Waals surface area contributed by atoms with Crippen molar-refractivity contribution in [3.63, 3.8) is 0 Å². The number of rotatable bonds is 7. The van der Waals surface area contributed by atoms with Crippen LogP contribution in [0.15, 0.2) is 36.4 Å². The second-order valence-electron chi connectivity index (χ2n) is 7.14. The highest BCUT2D eigenvalue weighted by molar-refractivity contribution is 6.74. The molecule has 0 radical (unpaired) electrons. The summed E-state index contributed by atoms with van der Waals surface area (Å²) in [6.45, 7) is 16.3. The molecule has 0 aliphatic heterocycles. The number of benzene rings is 1. The molecule has 21 heavy (non-hydrogen) atoms. The predicted octanol–water partition coefficient (Wildman–Crippen LogP) is 5.21. The number of hydrogen-bond acceptors (Lipinski definition) is 2. The van der Waals surface area contributed by atoms with Crippen LogP contribution in [-0.4, -0.2) is 22.0 Å². The molecule has 0 aliphatic rings. The van der Waals surface area contributed by atoms with Crippen molar-refractivity contribution in [3.8, 4) is 5.75 Å². The Morgan fingerprint density at radius 1 is 1.24 bits per heavy atom. The molecule has 0 unspecified atom stereocenters. The third-order valence-electron chi connectivity index (χ3n) is 4.31. The van der Waals surface area contributed by atoms with Gasteiger partial charge in [-0.3, -0.25) is 0 Å². The Morgan fingerprint density at radius 2 is 1.90 bits per heavy atom. The normalized spacial score (nSPS) is 12.3. The summed E-state index contributed by atoms with van der Waals surface area (Å²) in [5, 5.41) is 0.265. The van der Waals surface area contributed by atoms with Gasteiger partial charge >= 0.3 is 0 Å². The molecule has 1 aromatic carbocycles. The Morgan fingerprint density at radius 3 is 2.48 bits per heavy atom. The van der Waals surface area contributed by atoms with Gasteiger partial charge in [0.25, 0.3) is 0 Å². The van der Waals surface area contributed by atoms with E-state index in [0.717, 1.165) is 25.2 Å². The molecule has 0 heterocycles. The van der Waals surface area contributed by atoms with Gasteiger partial charge in [0.05, 0.1) is 7.11 Å². The van der Waals surface area contributed by atoms with E-state index in [9.17, 15) is 0 Å². The van der Waals surface area contributed by atoms with Crippen LogP contribution in [0, 0.1) is 0 Å². The average Bonchev–Trinajstić information content (AvgIpc) is 2.37. The first-order valence-corrected chi connectivity index (χ1v) is 10.5. The smallest absolute Gasteiger partial charge is 0.191 e. The summed E-state index contributed by atoms with van der Waals surface area (Å²) >= 11 is 0. The molecule has 0 fully saturated rings. The van der Waals surface area contributed by atoms with E-state index in [4.69, 9.17) is 9.16 Å². The second-order valence-corrected chi connectivity index (χ2v) is 11.9. The van der Waals surface area contributed by atoms with Gasteiger partial charge in [-0.2, -0.15) is 0 Å². The quantitative estimate of drug-likeness (QED) is 0.509. The largest absolute Gasteiger partial charge is 0.497 e. The average molecular weight is 307 g/mol. The van der Waals surface area contributed by atoms with Crippen LogP contribution in [0.5, 0.6) is 5.75 Å². The zero-order valence-corrected chi connectivity index (χ0v) is 15.5. The molecule has 2 nitrogen and oxygen atoms in total. The van der Waals surface area contributed by atoms with Gasteiger partial charge in [-0.05, 0) is 48.7 Å². The maximum Gasteiger partial charge on any atom is 0.191 e. The molecule has 3 heteroatoms. The van der Waals surface area contributed by atoms with Gasteiger partial charge < -0.3 is 9.16 Å². The lowest BCUT2D eigenvalue weighted by molar-refractivity contribution is 0.291. The van der Waals surface area contributed by atoms with Crippen molar-refractivity contribution < 1.29 is 9.16 Å². The van der Waals surface area contributed by atoms with E-state index in [1.807, 2.05) is 12.1 Å². The molecule has 118 valence electrons. The lowest BCUT2D eigenvalue weighted by Crippen LogP contribution is -2.41. The van der Waals surface area contributed by atoms with Crippen LogP contribution in [0.1, 0.15) is 32.8 Å². The molecule has 0 aromatic heterocycles. The summed E-state index contributed by atoms with van der Waals surface area (Å²) < 4.78 is 11.5. The summed E-state index contributed by atoms with van der Waals surface area (Å²) in [5.74, 6) is 0.901. The van der Waals surface area contributed by atoms with E-state index in [-0.39, 0.29) is 5.04 Å².